The van der Waals surface area contributed by atoms with Crippen molar-refractivity contribution in [1.82, 2.24) is 4.57 Å². The van der Waals surface area contributed by atoms with Crippen LogP contribution in [-0.4, -0.2) is 15.8 Å². The van der Waals surface area contributed by atoms with Gasteiger partial charge in [-0.25, -0.2) is 0 Å². The van der Waals surface area contributed by atoms with E-state index in [1.165, 1.54) is 40.4 Å². The van der Waals surface area contributed by atoms with Crippen LogP contribution in [0.5, 0.6) is 0 Å². The number of benzene rings is 1. The van der Waals surface area contributed by atoms with Gasteiger partial charge in [0.25, 0.3) is 0 Å². The Hall–Kier alpha value is -1.28. The summed E-state index contributed by atoms with van der Waals surface area (Å²) in [7, 11) is 2.12. The number of aromatic nitrogens is 1. The third-order valence-corrected chi connectivity index (χ3v) is 4.61. The second kappa shape index (κ2) is 4.68. The zero-order valence-electron chi connectivity index (χ0n) is 12.1. The summed E-state index contributed by atoms with van der Waals surface area (Å²) in [5, 5.41) is 11.4. The van der Waals surface area contributed by atoms with Crippen molar-refractivity contribution >= 4 is 10.9 Å². The quantitative estimate of drug-likeness (QED) is 0.875. The molecular formula is C17H23NO. The molecule has 0 aliphatic heterocycles. The van der Waals surface area contributed by atoms with E-state index in [1.54, 1.807) is 0 Å². The highest BCUT2D eigenvalue weighted by Crippen LogP contribution is 2.33. The van der Waals surface area contributed by atoms with E-state index < -0.39 is 0 Å². The van der Waals surface area contributed by atoms with E-state index in [0.717, 1.165) is 12.8 Å². The van der Waals surface area contributed by atoms with Crippen molar-refractivity contribution in [2.45, 2.75) is 45.6 Å². The maximum atomic E-state index is 10.0. The molecule has 0 radical (unpaired) electrons. The molecule has 1 aliphatic carbocycles. The van der Waals surface area contributed by atoms with Gasteiger partial charge in [-0.15, -0.1) is 0 Å². The number of fused-ring (bicyclic) bond motifs is 1. The molecular weight excluding hydrogens is 234 g/mol. The summed E-state index contributed by atoms with van der Waals surface area (Å²) in [6.07, 6.45) is 6.50. The second-order valence-electron chi connectivity index (χ2n) is 6.20. The van der Waals surface area contributed by atoms with Crippen molar-refractivity contribution in [3.05, 3.63) is 35.0 Å². The Bertz CT molecular complexity index is 611. The molecule has 1 saturated carbocycles. The third-order valence-electron chi connectivity index (χ3n) is 4.61. The summed E-state index contributed by atoms with van der Waals surface area (Å²) in [4.78, 5) is 0. The molecule has 0 amide bonds. The maximum Gasteiger partial charge on any atom is 0.0571 e. The summed E-state index contributed by atoms with van der Waals surface area (Å²) in [6.45, 7) is 4.35. The standard InChI is InChI=1S/C17H23NO/c1-11-7-12(2)17-14(10-18(3)15(17)8-11)9-13-5-4-6-16(13)19/h7-8,10,13,16,19H,4-6,9H2,1-3H3. The SMILES string of the molecule is Cc1cc(C)c2c(CC3CCCC3O)cn(C)c2c1. The van der Waals surface area contributed by atoms with Gasteiger partial charge >= 0.3 is 0 Å². The average Bonchev–Trinajstić information content (AvgIpc) is 2.86. The molecule has 102 valence electrons. The molecule has 1 aliphatic rings. The highest BCUT2D eigenvalue weighted by molar-refractivity contribution is 5.87. The number of hydrogen-bond acceptors (Lipinski definition) is 1. The molecule has 1 aromatic heterocycles. The number of nitrogens with zero attached hydrogens (tertiary/aromatic N) is 1. The van der Waals surface area contributed by atoms with Crippen molar-refractivity contribution in [2.24, 2.45) is 13.0 Å². The first-order valence-corrected chi connectivity index (χ1v) is 7.29. The molecule has 1 N–H and O–H groups in total. The first-order chi connectivity index (χ1) is 9.06. The molecule has 2 nitrogen and oxygen atoms in total. The zero-order chi connectivity index (χ0) is 13.6. The highest BCUT2D eigenvalue weighted by atomic mass is 16.3. The summed E-state index contributed by atoms with van der Waals surface area (Å²) >= 11 is 0. The molecule has 2 atom stereocenters. The minimum atomic E-state index is -0.0963. The fourth-order valence-corrected chi connectivity index (χ4v) is 3.70. The number of aliphatic hydroxyl groups is 1. The van der Waals surface area contributed by atoms with Gasteiger partial charge in [-0.05, 0) is 61.8 Å². The first-order valence-electron chi connectivity index (χ1n) is 7.29. The maximum absolute atomic E-state index is 10.0. The van der Waals surface area contributed by atoms with Crippen molar-refractivity contribution in [3.63, 3.8) is 0 Å². The van der Waals surface area contributed by atoms with Crippen molar-refractivity contribution in [1.29, 1.82) is 0 Å². The Kier molecular flexibility index (Phi) is 3.14. The molecule has 1 aromatic carbocycles. The van der Waals surface area contributed by atoms with E-state index >= 15 is 0 Å². The number of hydrogen-bond donors (Lipinski definition) is 1. The predicted molar refractivity (Wildman–Crippen MR) is 79.4 cm³/mol. The monoisotopic (exact) mass is 257 g/mol. The van der Waals surface area contributed by atoms with Gasteiger partial charge in [-0.2, -0.15) is 0 Å². The second-order valence-corrected chi connectivity index (χ2v) is 6.20. The van der Waals surface area contributed by atoms with Crippen LogP contribution < -0.4 is 0 Å². The number of aliphatic hydroxyl groups excluding tert-OH is 1. The fourth-order valence-electron chi connectivity index (χ4n) is 3.70. The largest absolute Gasteiger partial charge is 0.393 e. The normalized spacial score (nSPS) is 23.4. The van der Waals surface area contributed by atoms with E-state index in [1.807, 2.05) is 0 Å². The highest BCUT2D eigenvalue weighted by Gasteiger charge is 2.26. The van der Waals surface area contributed by atoms with E-state index in [9.17, 15) is 5.11 Å². The minimum Gasteiger partial charge on any atom is -0.393 e. The van der Waals surface area contributed by atoms with Gasteiger partial charge in [0.05, 0.1) is 6.10 Å². The van der Waals surface area contributed by atoms with Crippen LogP contribution in [0.2, 0.25) is 0 Å². The van der Waals surface area contributed by atoms with Crippen LogP contribution in [-0.2, 0) is 13.5 Å². The van der Waals surface area contributed by atoms with E-state index in [2.05, 4.69) is 43.8 Å². The Morgan fingerprint density at radius 1 is 1.26 bits per heavy atom. The Morgan fingerprint density at radius 3 is 2.74 bits per heavy atom. The number of rotatable bonds is 2. The lowest BCUT2D eigenvalue weighted by atomic mass is 9.94. The fraction of sp³-hybridized carbons (Fsp3) is 0.529. The summed E-state index contributed by atoms with van der Waals surface area (Å²) < 4.78 is 2.23. The van der Waals surface area contributed by atoms with Gasteiger partial charge in [-0.3, -0.25) is 0 Å². The van der Waals surface area contributed by atoms with Gasteiger partial charge < -0.3 is 9.67 Å². The van der Waals surface area contributed by atoms with Crippen LogP contribution in [0.3, 0.4) is 0 Å². The van der Waals surface area contributed by atoms with Gasteiger partial charge in [0, 0.05) is 24.1 Å². The molecule has 2 heteroatoms. The topological polar surface area (TPSA) is 25.2 Å². The van der Waals surface area contributed by atoms with E-state index in [-0.39, 0.29) is 6.10 Å². The van der Waals surface area contributed by atoms with Gasteiger partial charge in [-0.1, -0.05) is 12.5 Å². The molecule has 3 rings (SSSR count). The van der Waals surface area contributed by atoms with Crippen LogP contribution in [0.4, 0.5) is 0 Å². The molecule has 2 aromatic rings. The zero-order valence-corrected chi connectivity index (χ0v) is 12.1. The molecule has 0 saturated heterocycles. The summed E-state index contributed by atoms with van der Waals surface area (Å²) in [5.74, 6) is 0.450. The van der Waals surface area contributed by atoms with Crippen LogP contribution in [0.15, 0.2) is 18.3 Å². The van der Waals surface area contributed by atoms with Crippen LogP contribution in [0.25, 0.3) is 10.9 Å². The van der Waals surface area contributed by atoms with E-state index in [4.69, 9.17) is 0 Å². The van der Waals surface area contributed by atoms with Crippen molar-refractivity contribution < 1.29 is 5.11 Å². The molecule has 0 bridgehead atoms. The third kappa shape index (κ3) is 2.18. The van der Waals surface area contributed by atoms with Crippen molar-refractivity contribution in [2.75, 3.05) is 0 Å². The van der Waals surface area contributed by atoms with Gasteiger partial charge in [0.1, 0.15) is 0 Å². The first kappa shape index (κ1) is 12.7. The lowest BCUT2D eigenvalue weighted by Gasteiger charge is -2.14. The molecule has 0 spiro atoms. The minimum absolute atomic E-state index is 0.0963. The van der Waals surface area contributed by atoms with E-state index in [0.29, 0.717) is 5.92 Å². The molecule has 2 unspecified atom stereocenters. The van der Waals surface area contributed by atoms with Gasteiger partial charge in [0.15, 0.2) is 0 Å². The smallest absolute Gasteiger partial charge is 0.0571 e. The lowest BCUT2D eigenvalue weighted by molar-refractivity contribution is 0.133. The van der Waals surface area contributed by atoms with Crippen molar-refractivity contribution in [3.8, 4) is 0 Å². The summed E-state index contributed by atoms with van der Waals surface area (Å²) in [6, 6.07) is 4.52. The number of aryl methyl sites for hydroxylation is 3. The Labute approximate surface area is 115 Å². The molecule has 1 fully saturated rings. The van der Waals surface area contributed by atoms with Gasteiger partial charge in [0.2, 0.25) is 0 Å². The van der Waals surface area contributed by atoms with Crippen LogP contribution in [0.1, 0.15) is 36.0 Å². The Morgan fingerprint density at radius 2 is 2.05 bits per heavy atom. The van der Waals surface area contributed by atoms with Crippen LogP contribution in [0, 0.1) is 19.8 Å². The molecule has 19 heavy (non-hydrogen) atoms. The Balaban J connectivity index is 2.04. The lowest BCUT2D eigenvalue weighted by Crippen LogP contribution is -2.15. The predicted octanol–water partition coefficient (Wildman–Crippen LogP) is 3.50. The summed E-state index contributed by atoms with van der Waals surface area (Å²) in [5.41, 5.74) is 5.40. The van der Waals surface area contributed by atoms with Crippen LogP contribution >= 0.6 is 0 Å². The molecule has 1 heterocycles. The average molecular weight is 257 g/mol.